The molecule has 0 aliphatic carbocycles. The molecule has 0 saturated heterocycles. The lowest BCUT2D eigenvalue weighted by Gasteiger charge is -2.07. The van der Waals surface area contributed by atoms with Gasteiger partial charge in [-0.05, 0) is 60.0 Å². The lowest BCUT2D eigenvalue weighted by Crippen LogP contribution is -1.97. The highest BCUT2D eigenvalue weighted by Crippen LogP contribution is 2.43. The van der Waals surface area contributed by atoms with Gasteiger partial charge in [-0.15, -0.1) is 11.3 Å². The molecule has 0 spiro atoms. The van der Waals surface area contributed by atoms with Gasteiger partial charge in [0.25, 0.3) is 0 Å². The summed E-state index contributed by atoms with van der Waals surface area (Å²) >= 11 is 1.49. The third-order valence-electron chi connectivity index (χ3n) is 4.47. The third kappa shape index (κ3) is 4.10. The summed E-state index contributed by atoms with van der Waals surface area (Å²) in [6, 6.07) is 14.8. The van der Waals surface area contributed by atoms with Crippen molar-refractivity contribution in [1.29, 1.82) is 0 Å². The number of anilines is 1. The summed E-state index contributed by atoms with van der Waals surface area (Å²) in [6.45, 7) is 3.87. The molecule has 1 N–H and O–H groups in total. The van der Waals surface area contributed by atoms with Crippen molar-refractivity contribution >= 4 is 33.7 Å². The molecule has 2 aromatic carbocycles. The minimum Gasteiger partial charge on any atom is -0.497 e. The molecule has 0 radical (unpaired) electrons. The van der Waals surface area contributed by atoms with Crippen molar-refractivity contribution in [3.63, 3.8) is 0 Å². The maximum Gasteiger partial charge on any atom is 0.222 e. The summed E-state index contributed by atoms with van der Waals surface area (Å²) in [4.78, 5) is 14.4. The summed E-state index contributed by atoms with van der Waals surface area (Å²) in [7, 11) is -1.08. The molecular formula is C21H21NO4S2. The average Bonchev–Trinajstić information content (AvgIpc) is 3.05. The molecule has 28 heavy (non-hydrogen) atoms. The van der Waals surface area contributed by atoms with Crippen LogP contribution in [0.5, 0.6) is 5.75 Å². The zero-order chi connectivity index (χ0) is 20.3. The van der Waals surface area contributed by atoms with Crippen LogP contribution in [0.4, 0.5) is 5.69 Å². The molecule has 7 heteroatoms. The Morgan fingerprint density at radius 3 is 2.18 bits per heavy atom. The van der Waals surface area contributed by atoms with Gasteiger partial charge in [-0.25, -0.2) is 8.42 Å². The van der Waals surface area contributed by atoms with Crippen molar-refractivity contribution in [2.45, 2.75) is 20.3 Å². The molecule has 1 aromatic heterocycles. The van der Waals surface area contributed by atoms with Crippen LogP contribution >= 0.6 is 11.3 Å². The molecule has 0 aliphatic heterocycles. The number of methoxy groups -OCH3 is 1. The highest BCUT2D eigenvalue weighted by Gasteiger charge is 2.21. The molecule has 0 fully saturated rings. The molecule has 3 aromatic rings. The fourth-order valence-electron chi connectivity index (χ4n) is 3.05. The van der Waals surface area contributed by atoms with Crippen molar-refractivity contribution in [1.82, 2.24) is 0 Å². The van der Waals surface area contributed by atoms with Crippen LogP contribution in [0.3, 0.4) is 0 Å². The molecular weight excluding hydrogens is 394 g/mol. The van der Waals surface area contributed by atoms with Gasteiger partial charge in [0, 0.05) is 22.5 Å². The molecule has 0 atom stereocenters. The van der Waals surface area contributed by atoms with Gasteiger partial charge in [0.05, 0.1) is 12.0 Å². The fourth-order valence-corrected chi connectivity index (χ4v) is 4.76. The maximum absolute atomic E-state index is 12.6. The van der Waals surface area contributed by atoms with E-state index in [1.54, 1.807) is 19.2 Å². The summed E-state index contributed by atoms with van der Waals surface area (Å²) < 4.78 is 29.3. The fraction of sp³-hybridized carbons (Fsp3) is 0.190. The van der Waals surface area contributed by atoms with Crippen LogP contribution in [0, 0.1) is 6.92 Å². The van der Waals surface area contributed by atoms with Crippen LogP contribution in [-0.4, -0.2) is 21.3 Å². The van der Waals surface area contributed by atoms with Gasteiger partial charge in [-0.1, -0.05) is 19.1 Å². The van der Waals surface area contributed by atoms with Crippen LogP contribution < -0.4 is 9.46 Å². The largest absolute Gasteiger partial charge is 0.497 e. The van der Waals surface area contributed by atoms with Crippen molar-refractivity contribution in [2.75, 3.05) is 11.8 Å². The van der Waals surface area contributed by atoms with E-state index in [4.69, 9.17) is 4.74 Å². The maximum atomic E-state index is 12.6. The summed E-state index contributed by atoms with van der Waals surface area (Å²) in [5.74, 6) is 0.871. The van der Waals surface area contributed by atoms with E-state index >= 15 is 0 Å². The number of ketones is 1. The van der Waals surface area contributed by atoms with Gasteiger partial charge >= 0.3 is 0 Å². The van der Waals surface area contributed by atoms with Gasteiger partial charge in [0.1, 0.15) is 5.75 Å². The lowest BCUT2D eigenvalue weighted by molar-refractivity contribution is 0.0992. The van der Waals surface area contributed by atoms with Crippen LogP contribution in [0.2, 0.25) is 0 Å². The quantitative estimate of drug-likeness (QED) is 0.424. The van der Waals surface area contributed by atoms with E-state index in [1.165, 1.54) is 11.3 Å². The molecule has 0 bridgehead atoms. The predicted octanol–water partition coefficient (Wildman–Crippen LogP) is 4.93. The second kappa shape index (κ2) is 8.58. The predicted molar refractivity (Wildman–Crippen MR) is 115 cm³/mol. The van der Waals surface area contributed by atoms with E-state index in [0.29, 0.717) is 12.1 Å². The number of carbonyl (C=O) groups excluding carboxylic acids is 1. The van der Waals surface area contributed by atoms with Gasteiger partial charge in [0.15, 0.2) is 5.78 Å². The Morgan fingerprint density at radius 1 is 1.04 bits per heavy atom. The Kier molecular flexibility index (Phi) is 6.16. The number of hydrogen-bond donors (Lipinski definition) is 2. The van der Waals surface area contributed by atoms with Crippen LogP contribution in [0.25, 0.3) is 21.6 Å². The van der Waals surface area contributed by atoms with E-state index in [9.17, 15) is 13.2 Å². The number of rotatable bonds is 7. The number of thiophene rings is 1. The van der Waals surface area contributed by atoms with Crippen molar-refractivity contribution in [3.8, 4) is 27.3 Å². The average molecular weight is 416 g/mol. The molecule has 3 rings (SSSR count). The Hall–Kier alpha value is -2.64. The molecule has 0 saturated carbocycles. The Balaban J connectivity index is 2.11. The minimum atomic E-state index is -2.71. The molecule has 0 aliphatic rings. The topological polar surface area (TPSA) is 72.5 Å². The first-order valence-electron chi connectivity index (χ1n) is 8.77. The van der Waals surface area contributed by atoms with E-state index in [0.717, 1.165) is 37.8 Å². The summed E-state index contributed by atoms with van der Waals surface area (Å²) in [5, 5.41) is 0. The second-order valence-electron chi connectivity index (χ2n) is 6.21. The number of hydrogen-bond acceptors (Lipinski definition) is 5. The number of thiol groups is 1. The monoisotopic (exact) mass is 415 g/mol. The molecule has 5 nitrogen and oxygen atoms in total. The van der Waals surface area contributed by atoms with Crippen molar-refractivity contribution in [2.24, 2.45) is 0 Å². The normalized spacial score (nSPS) is 10.9. The molecule has 1 heterocycles. The third-order valence-corrected chi connectivity index (χ3v) is 6.29. The first-order valence-corrected chi connectivity index (χ1v) is 10.8. The summed E-state index contributed by atoms with van der Waals surface area (Å²) in [6.07, 6.45) is 0.422. The Bertz CT molecular complexity index is 1060. The van der Waals surface area contributed by atoms with Gasteiger partial charge in [0.2, 0.25) is 10.9 Å². The van der Waals surface area contributed by atoms with Crippen molar-refractivity contribution < 1.29 is 17.9 Å². The SMILES string of the molecule is CCC(=O)c1sc(-c2ccc(OC)cc2)c(C)c1-c1ccc(N[SH](=O)=O)cc1. The molecule has 146 valence electrons. The summed E-state index contributed by atoms with van der Waals surface area (Å²) in [5.41, 5.74) is 4.34. The van der Waals surface area contributed by atoms with Crippen LogP contribution in [0.1, 0.15) is 28.6 Å². The minimum absolute atomic E-state index is 0.0905. The van der Waals surface area contributed by atoms with E-state index in [-0.39, 0.29) is 5.78 Å². The van der Waals surface area contributed by atoms with Gasteiger partial charge in [-0.3, -0.25) is 9.52 Å². The highest BCUT2D eigenvalue weighted by molar-refractivity contribution is 7.73. The zero-order valence-electron chi connectivity index (χ0n) is 15.8. The van der Waals surface area contributed by atoms with E-state index in [1.807, 2.05) is 50.2 Å². The number of carbonyl (C=O) groups is 1. The van der Waals surface area contributed by atoms with E-state index < -0.39 is 10.9 Å². The smallest absolute Gasteiger partial charge is 0.222 e. The van der Waals surface area contributed by atoms with Gasteiger partial charge < -0.3 is 4.74 Å². The highest BCUT2D eigenvalue weighted by atomic mass is 32.2. The first-order chi connectivity index (χ1) is 13.4. The first kappa shape index (κ1) is 20.1. The van der Waals surface area contributed by atoms with Gasteiger partial charge in [-0.2, -0.15) is 0 Å². The van der Waals surface area contributed by atoms with Crippen LogP contribution in [-0.2, 0) is 10.9 Å². The second-order valence-corrected chi connectivity index (χ2v) is 7.97. The zero-order valence-corrected chi connectivity index (χ0v) is 17.5. The Morgan fingerprint density at radius 2 is 1.64 bits per heavy atom. The van der Waals surface area contributed by atoms with E-state index in [2.05, 4.69) is 4.72 Å². The van der Waals surface area contributed by atoms with Crippen LogP contribution in [0.15, 0.2) is 48.5 Å². The number of benzene rings is 2. The standard InChI is InChI=1S/C21H21NO4S2/c1-4-18(23)21-19(14-5-9-16(10-6-14)22-28(24)25)13(2)20(27-21)15-7-11-17(26-3)12-8-15/h5-12,28H,4H2,1-3H3,(H,22,24,25). The number of nitrogens with one attached hydrogen (secondary N) is 1. The Labute approximate surface area is 170 Å². The molecule has 0 amide bonds. The number of ether oxygens (including phenoxy) is 1. The lowest BCUT2D eigenvalue weighted by atomic mass is 9.97. The van der Waals surface area contributed by atoms with Crippen molar-refractivity contribution in [3.05, 3.63) is 59.0 Å². The number of Topliss-reactive ketones (excluding diaryl/α,β-unsaturated/α-hetero) is 1. The molecule has 0 unspecified atom stereocenters.